The molecule has 0 amide bonds. The van der Waals surface area contributed by atoms with Crippen molar-refractivity contribution in [2.24, 2.45) is 0 Å². The lowest BCUT2D eigenvalue weighted by atomic mass is 10.1. The Kier molecular flexibility index (Phi) is 5.04. The van der Waals surface area contributed by atoms with Crippen molar-refractivity contribution in [1.29, 1.82) is 0 Å². The summed E-state index contributed by atoms with van der Waals surface area (Å²) in [6.45, 7) is 4.41. The second kappa shape index (κ2) is 5.82. The van der Waals surface area contributed by atoms with Crippen LogP contribution in [0.3, 0.4) is 0 Å². The highest BCUT2D eigenvalue weighted by Gasteiger charge is 2.03. The Balaban J connectivity index is 2.26. The van der Waals surface area contributed by atoms with Crippen molar-refractivity contribution in [2.75, 3.05) is 0 Å². The molecule has 1 aromatic heterocycles. The van der Waals surface area contributed by atoms with Gasteiger partial charge in [-0.3, -0.25) is 0 Å². The first-order valence-corrected chi connectivity index (χ1v) is 6.70. The summed E-state index contributed by atoms with van der Waals surface area (Å²) in [4.78, 5) is 2.13. The molecule has 0 radical (unpaired) electrons. The summed E-state index contributed by atoms with van der Waals surface area (Å²) >= 11 is 5.56. The van der Waals surface area contributed by atoms with Crippen LogP contribution in [0.1, 0.15) is 36.6 Å². The third-order valence-corrected chi connectivity index (χ3v) is 3.96. The number of aryl methyl sites for hydroxylation is 2. The molecule has 1 unspecified atom stereocenters. The first kappa shape index (κ1) is 11.3. The van der Waals surface area contributed by atoms with Gasteiger partial charge in [-0.15, -0.1) is 11.3 Å². The Morgan fingerprint density at radius 1 is 1.46 bits per heavy atom. The van der Waals surface area contributed by atoms with Gasteiger partial charge in [0, 0.05) is 9.70 Å². The molecule has 0 saturated carbocycles. The van der Waals surface area contributed by atoms with Crippen molar-refractivity contribution in [3.63, 3.8) is 0 Å². The monoisotopic (exact) mass is 260 g/mol. The van der Waals surface area contributed by atoms with Gasteiger partial charge in [0.15, 0.2) is 0 Å². The Bertz CT molecular complexity index is 242. The molecule has 1 atom stereocenters. The van der Waals surface area contributed by atoms with E-state index in [1.165, 1.54) is 36.1 Å². The van der Waals surface area contributed by atoms with Crippen LogP contribution in [0, 0.1) is 6.92 Å². The lowest BCUT2D eigenvalue weighted by Crippen LogP contribution is -1.98. The van der Waals surface area contributed by atoms with Crippen molar-refractivity contribution in [2.45, 2.75) is 44.4 Å². The topological polar surface area (TPSA) is 0 Å². The van der Waals surface area contributed by atoms with E-state index in [0.29, 0.717) is 4.83 Å². The van der Waals surface area contributed by atoms with Gasteiger partial charge in [0.2, 0.25) is 0 Å². The highest BCUT2D eigenvalue weighted by Crippen LogP contribution is 2.19. The summed E-state index contributed by atoms with van der Waals surface area (Å²) in [5.41, 5.74) is 1.50. The van der Waals surface area contributed by atoms with E-state index in [1.54, 1.807) is 0 Å². The van der Waals surface area contributed by atoms with Crippen LogP contribution in [0.25, 0.3) is 0 Å². The maximum atomic E-state index is 3.71. The van der Waals surface area contributed by atoms with Crippen LogP contribution in [0.4, 0.5) is 0 Å². The first-order chi connectivity index (χ1) is 6.22. The fraction of sp³-hybridized carbons (Fsp3) is 0.636. The van der Waals surface area contributed by atoms with Gasteiger partial charge in [0.25, 0.3) is 0 Å². The second-order valence-electron chi connectivity index (χ2n) is 3.49. The van der Waals surface area contributed by atoms with Crippen LogP contribution in [0.15, 0.2) is 11.4 Å². The minimum Gasteiger partial charge on any atom is -0.149 e. The summed E-state index contributed by atoms with van der Waals surface area (Å²) in [5.74, 6) is 0. The van der Waals surface area contributed by atoms with E-state index in [9.17, 15) is 0 Å². The van der Waals surface area contributed by atoms with Crippen molar-refractivity contribution < 1.29 is 0 Å². The third-order valence-electron chi connectivity index (χ3n) is 2.13. The molecular formula is C11H17BrS. The number of thiophene rings is 1. The zero-order valence-corrected chi connectivity index (χ0v) is 10.7. The van der Waals surface area contributed by atoms with E-state index in [2.05, 4.69) is 41.2 Å². The Morgan fingerprint density at radius 3 is 2.77 bits per heavy atom. The summed E-state index contributed by atoms with van der Waals surface area (Å²) in [7, 11) is 0. The van der Waals surface area contributed by atoms with Crippen LogP contribution in [0.2, 0.25) is 0 Å². The van der Waals surface area contributed by atoms with Crippen LogP contribution in [-0.2, 0) is 6.42 Å². The molecule has 0 aliphatic rings. The van der Waals surface area contributed by atoms with Gasteiger partial charge in [-0.25, -0.2) is 0 Å². The molecule has 1 heterocycles. The first-order valence-electron chi connectivity index (χ1n) is 4.90. The van der Waals surface area contributed by atoms with Crippen molar-refractivity contribution in [3.8, 4) is 0 Å². The molecule has 0 spiro atoms. The minimum atomic E-state index is 0.706. The third kappa shape index (κ3) is 4.28. The SMILES string of the molecule is CCCC(Br)CCc1csc(C)c1. The van der Waals surface area contributed by atoms with E-state index in [-0.39, 0.29) is 0 Å². The zero-order valence-electron chi connectivity index (χ0n) is 8.35. The van der Waals surface area contributed by atoms with Gasteiger partial charge in [-0.2, -0.15) is 0 Å². The number of halogens is 1. The van der Waals surface area contributed by atoms with Gasteiger partial charge in [0.05, 0.1) is 0 Å². The van der Waals surface area contributed by atoms with E-state index in [1.807, 2.05) is 11.3 Å². The molecule has 0 fully saturated rings. The van der Waals surface area contributed by atoms with Gasteiger partial charge in [-0.1, -0.05) is 29.3 Å². The predicted molar refractivity (Wildman–Crippen MR) is 65.0 cm³/mol. The zero-order chi connectivity index (χ0) is 9.68. The van der Waals surface area contributed by atoms with Crippen LogP contribution < -0.4 is 0 Å². The molecule has 0 bridgehead atoms. The van der Waals surface area contributed by atoms with Crippen molar-refractivity contribution in [3.05, 3.63) is 21.9 Å². The van der Waals surface area contributed by atoms with Crippen molar-refractivity contribution >= 4 is 27.3 Å². The van der Waals surface area contributed by atoms with E-state index in [0.717, 1.165) is 0 Å². The molecule has 0 aromatic carbocycles. The molecule has 13 heavy (non-hydrogen) atoms. The minimum absolute atomic E-state index is 0.706. The molecule has 0 saturated heterocycles. The smallest absolute Gasteiger partial charge is 0.0148 e. The predicted octanol–water partition coefficient (Wildman–Crippen LogP) is 4.55. The van der Waals surface area contributed by atoms with Crippen molar-refractivity contribution in [1.82, 2.24) is 0 Å². The quantitative estimate of drug-likeness (QED) is 0.682. The molecule has 0 nitrogen and oxygen atoms in total. The van der Waals surface area contributed by atoms with Gasteiger partial charge in [0.1, 0.15) is 0 Å². The lowest BCUT2D eigenvalue weighted by molar-refractivity contribution is 0.694. The molecule has 1 rings (SSSR count). The van der Waals surface area contributed by atoms with Gasteiger partial charge < -0.3 is 0 Å². The average molecular weight is 261 g/mol. The number of hydrogen-bond acceptors (Lipinski definition) is 1. The molecule has 1 aromatic rings. The maximum absolute atomic E-state index is 3.71. The van der Waals surface area contributed by atoms with Crippen LogP contribution in [0.5, 0.6) is 0 Å². The molecule has 0 N–H and O–H groups in total. The number of rotatable bonds is 5. The van der Waals surface area contributed by atoms with Gasteiger partial charge >= 0.3 is 0 Å². The second-order valence-corrected chi connectivity index (χ2v) is 5.90. The number of alkyl halides is 1. The molecule has 0 aliphatic heterocycles. The molecule has 0 aliphatic carbocycles. The molecular weight excluding hydrogens is 244 g/mol. The summed E-state index contributed by atoms with van der Waals surface area (Å²) < 4.78 is 0. The van der Waals surface area contributed by atoms with E-state index < -0.39 is 0 Å². The Hall–Kier alpha value is 0.180. The number of hydrogen-bond donors (Lipinski definition) is 0. The van der Waals surface area contributed by atoms with Gasteiger partial charge in [-0.05, 0) is 43.2 Å². The fourth-order valence-electron chi connectivity index (χ4n) is 1.41. The van der Waals surface area contributed by atoms with E-state index in [4.69, 9.17) is 0 Å². The normalized spacial score (nSPS) is 13.2. The Morgan fingerprint density at radius 2 is 2.23 bits per heavy atom. The summed E-state index contributed by atoms with van der Waals surface area (Å²) in [5, 5.41) is 2.28. The summed E-state index contributed by atoms with van der Waals surface area (Å²) in [6, 6.07) is 2.30. The Labute approximate surface area is 93.5 Å². The maximum Gasteiger partial charge on any atom is 0.0148 e. The highest BCUT2D eigenvalue weighted by atomic mass is 79.9. The largest absolute Gasteiger partial charge is 0.149 e. The average Bonchev–Trinajstić information content (AvgIpc) is 2.49. The molecule has 2 heteroatoms. The lowest BCUT2D eigenvalue weighted by Gasteiger charge is -2.06. The highest BCUT2D eigenvalue weighted by molar-refractivity contribution is 9.09. The standard InChI is InChI=1S/C11H17BrS/c1-3-4-11(12)6-5-10-7-9(2)13-8-10/h7-8,11H,3-6H2,1-2H3. The summed E-state index contributed by atoms with van der Waals surface area (Å²) in [6.07, 6.45) is 5.06. The molecule has 74 valence electrons. The van der Waals surface area contributed by atoms with Crippen LogP contribution in [-0.4, -0.2) is 4.83 Å². The van der Waals surface area contributed by atoms with Crippen LogP contribution >= 0.6 is 27.3 Å². The van der Waals surface area contributed by atoms with E-state index >= 15 is 0 Å². The fourth-order valence-corrected chi connectivity index (χ4v) is 2.84.